The Balaban J connectivity index is 0.000000176. The predicted octanol–water partition coefficient (Wildman–Crippen LogP) is 4.69. The Morgan fingerprint density at radius 1 is 0.938 bits per heavy atom. The monoisotopic (exact) mass is 438 g/mol. The Morgan fingerprint density at radius 3 is 2.22 bits per heavy atom. The first-order chi connectivity index (χ1) is 15.2. The quantitative estimate of drug-likeness (QED) is 0.541. The lowest BCUT2D eigenvalue weighted by molar-refractivity contribution is -0.0226. The molecule has 0 aliphatic heterocycles. The minimum Gasteiger partial charge on any atom is -0.508 e. The summed E-state index contributed by atoms with van der Waals surface area (Å²) in [5.74, 6) is 0.0315. The van der Waals surface area contributed by atoms with Crippen LogP contribution < -0.4 is 0 Å². The molecule has 32 heavy (non-hydrogen) atoms. The number of hydrogen-bond donors (Lipinski definition) is 4. The van der Waals surface area contributed by atoms with E-state index in [1.165, 1.54) is 54.7 Å². The number of aromatic hydroxyl groups is 1. The fourth-order valence-corrected chi connectivity index (χ4v) is 6.40. The summed E-state index contributed by atoms with van der Waals surface area (Å²) < 4.78 is 0. The van der Waals surface area contributed by atoms with E-state index in [9.17, 15) is 19.8 Å². The third kappa shape index (κ3) is 3.88. The first-order valence-corrected chi connectivity index (χ1v) is 11.3. The van der Waals surface area contributed by atoms with E-state index in [-0.39, 0.29) is 22.6 Å². The van der Waals surface area contributed by atoms with Gasteiger partial charge in [0, 0.05) is 0 Å². The van der Waals surface area contributed by atoms with Crippen LogP contribution in [0.5, 0.6) is 5.75 Å². The number of aliphatic hydroxyl groups is 1. The number of carboxylic acid groups (broad SMARTS) is 2. The fraction of sp³-hybridized carbons (Fsp3) is 0.462. The van der Waals surface area contributed by atoms with Gasteiger partial charge in [0.25, 0.3) is 0 Å². The molecule has 2 aromatic rings. The van der Waals surface area contributed by atoms with Gasteiger partial charge in [-0.05, 0) is 97.1 Å². The zero-order chi connectivity index (χ0) is 23.0. The maximum Gasteiger partial charge on any atom is 0.336 e. The molecule has 6 heteroatoms. The summed E-state index contributed by atoms with van der Waals surface area (Å²) in [6.45, 7) is 2.32. The van der Waals surface area contributed by atoms with Gasteiger partial charge in [-0.25, -0.2) is 9.59 Å². The van der Waals surface area contributed by atoms with E-state index in [2.05, 4.69) is 13.0 Å². The molecule has 0 saturated heterocycles. The molecule has 0 spiro atoms. The number of aryl methyl sites for hydroxylation is 1. The van der Waals surface area contributed by atoms with E-state index in [0.717, 1.165) is 25.2 Å². The highest BCUT2D eigenvalue weighted by molar-refractivity contribution is 6.01. The van der Waals surface area contributed by atoms with E-state index >= 15 is 0 Å². The number of phenolic OH excluding ortho intramolecular Hbond substituents is 1. The van der Waals surface area contributed by atoms with Crippen molar-refractivity contribution >= 4 is 11.9 Å². The van der Waals surface area contributed by atoms with Gasteiger partial charge in [0.15, 0.2) is 0 Å². The number of carboxylic acids is 2. The molecule has 0 heterocycles. The predicted molar refractivity (Wildman–Crippen MR) is 119 cm³/mol. The molecular weight excluding hydrogens is 408 g/mol. The van der Waals surface area contributed by atoms with Gasteiger partial charge in [0.05, 0.1) is 17.2 Å². The number of hydrogen-bond acceptors (Lipinski definition) is 4. The van der Waals surface area contributed by atoms with E-state index in [4.69, 9.17) is 10.2 Å². The van der Waals surface area contributed by atoms with Gasteiger partial charge in [0.1, 0.15) is 5.75 Å². The minimum atomic E-state index is -1.23. The van der Waals surface area contributed by atoms with Crippen molar-refractivity contribution in [3.05, 3.63) is 64.7 Å². The Bertz CT molecular complexity index is 998. The van der Waals surface area contributed by atoms with Crippen molar-refractivity contribution < 1.29 is 30.0 Å². The van der Waals surface area contributed by atoms with E-state index < -0.39 is 11.9 Å². The third-order valence-electron chi connectivity index (χ3n) is 8.05. The Morgan fingerprint density at radius 2 is 1.59 bits per heavy atom. The molecule has 4 N–H and O–H groups in total. The number of rotatable bonds is 2. The zero-order valence-electron chi connectivity index (χ0n) is 18.2. The molecule has 2 aromatic carbocycles. The van der Waals surface area contributed by atoms with Crippen molar-refractivity contribution in [2.45, 2.75) is 57.5 Å². The van der Waals surface area contributed by atoms with Gasteiger partial charge in [-0.3, -0.25) is 0 Å². The fourth-order valence-electron chi connectivity index (χ4n) is 6.40. The molecule has 5 rings (SSSR count). The summed E-state index contributed by atoms with van der Waals surface area (Å²) in [6.07, 6.45) is 6.78. The maximum atomic E-state index is 10.5. The van der Waals surface area contributed by atoms with Crippen LogP contribution >= 0.6 is 0 Å². The number of phenols is 1. The van der Waals surface area contributed by atoms with Crippen LogP contribution in [0.1, 0.15) is 76.8 Å². The molecule has 0 bridgehead atoms. The van der Waals surface area contributed by atoms with Crippen molar-refractivity contribution in [2.75, 3.05) is 0 Å². The SMILES string of the molecule is C[C@]12CC[C@@H]3c4ccc(O)cc4CC[C@H]3[C@@H]1CC[C@@H]2O.O=C(O)c1ccccc1C(=O)O. The van der Waals surface area contributed by atoms with Crippen LogP contribution in [0.25, 0.3) is 0 Å². The molecule has 5 atom stereocenters. The lowest BCUT2D eigenvalue weighted by Crippen LogP contribution is -2.43. The van der Waals surface area contributed by atoms with Crippen LogP contribution in [-0.2, 0) is 6.42 Å². The Kier molecular flexibility index (Phi) is 5.99. The van der Waals surface area contributed by atoms with Crippen LogP contribution in [0.4, 0.5) is 0 Å². The molecule has 3 aliphatic rings. The molecule has 0 aromatic heterocycles. The molecule has 0 radical (unpaired) electrons. The number of benzene rings is 2. The van der Waals surface area contributed by atoms with Crippen LogP contribution in [0.3, 0.4) is 0 Å². The summed E-state index contributed by atoms with van der Waals surface area (Å²) in [5.41, 5.74) is 2.61. The molecule has 170 valence electrons. The maximum absolute atomic E-state index is 10.5. The van der Waals surface area contributed by atoms with Crippen molar-refractivity contribution in [3.63, 3.8) is 0 Å². The molecule has 0 unspecified atom stereocenters. The largest absolute Gasteiger partial charge is 0.508 e. The molecular formula is C26H30O6. The zero-order valence-corrected chi connectivity index (χ0v) is 18.2. The van der Waals surface area contributed by atoms with Gasteiger partial charge < -0.3 is 20.4 Å². The molecule has 2 fully saturated rings. The minimum absolute atomic E-state index is 0.0883. The lowest BCUT2D eigenvalue weighted by Gasteiger charge is -2.50. The smallest absolute Gasteiger partial charge is 0.336 e. The first-order valence-electron chi connectivity index (χ1n) is 11.3. The highest BCUT2D eigenvalue weighted by atomic mass is 16.4. The molecule has 3 aliphatic carbocycles. The van der Waals surface area contributed by atoms with Gasteiger partial charge in [0.2, 0.25) is 0 Å². The first kappa shape index (κ1) is 22.3. The van der Waals surface area contributed by atoms with Crippen molar-refractivity contribution in [3.8, 4) is 5.75 Å². The normalized spacial score (nSPS) is 30.2. The lowest BCUT2D eigenvalue weighted by atomic mass is 9.55. The van der Waals surface area contributed by atoms with Crippen LogP contribution in [0.2, 0.25) is 0 Å². The van der Waals surface area contributed by atoms with Crippen LogP contribution in [-0.4, -0.2) is 38.5 Å². The van der Waals surface area contributed by atoms with Gasteiger partial charge in [-0.2, -0.15) is 0 Å². The number of aliphatic hydroxyl groups excluding tert-OH is 1. The number of carbonyl (C=O) groups is 2. The summed E-state index contributed by atoms with van der Waals surface area (Å²) in [7, 11) is 0. The molecule has 6 nitrogen and oxygen atoms in total. The van der Waals surface area contributed by atoms with Crippen molar-refractivity contribution in [1.82, 2.24) is 0 Å². The molecule has 0 amide bonds. The second-order valence-corrected chi connectivity index (χ2v) is 9.59. The summed E-state index contributed by atoms with van der Waals surface area (Å²) in [4.78, 5) is 20.9. The summed E-state index contributed by atoms with van der Waals surface area (Å²) in [5, 5.41) is 37.2. The average molecular weight is 439 g/mol. The van der Waals surface area contributed by atoms with Crippen molar-refractivity contribution in [2.24, 2.45) is 17.3 Å². The number of fused-ring (bicyclic) bond motifs is 5. The molecule has 2 saturated carbocycles. The van der Waals surface area contributed by atoms with E-state index in [1.807, 2.05) is 12.1 Å². The number of aromatic carboxylic acids is 2. The van der Waals surface area contributed by atoms with Crippen LogP contribution in [0.15, 0.2) is 42.5 Å². The summed E-state index contributed by atoms with van der Waals surface area (Å²) in [6, 6.07) is 11.4. The Hall–Kier alpha value is -2.86. The Labute approximate surface area is 187 Å². The highest BCUT2D eigenvalue weighted by Gasteiger charge is 2.54. The van der Waals surface area contributed by atoms with Gasteiger partial charge in [-0.15, -0.1) is 0 Å². The van der Waals surface area contributed by atoms with Crippen molar-refractivity contribution in [1.29, 1.82) is 0 Å². The highest BCUT2D eigenvalue weighted by Crippen LogP contribution is 2.60. The topological polar surface area (TPSA) is 115 Å². The standard InChI is InChI=1S/C18H24O2.C8H6O4/c1-18-9-8-14-13-5-3-12(19)10-11(13)2-4-15(14)16(18)6-7-17(18)20;9-7(10)5-3-1-2-4-6(5)8(11)12/h3,5,10,14-17,19-20H,2,4,6-9H2,1H3;1-4H,(H,9,10)(H,11,12)/t14-,15-,16+,17+,18+;/m1./s1. The van der Waals surface area contributed by atoms with Crippen LogP contribution in [0, 0.1) is 17.3 Å². The second kappa shape index (κ2) is 8.58. The van der Waals surface area contributed by atoms with E-state index in [0.29, 0.717) is 17.6 Å². The third-order valence-corrected chi connectivity index (χ3v) is 8.05. The summed E-state index contributed by atoms with van der Waals surface area (Å²) >= 11 is 0. The van der Waals surface area contributed by atoms with Gasteiger partial charge in [-0.1, -0.05) is 25.1 Å². The van der Waals surface area contributed by atoms with Gasteiger partial charge >= 0.3 is 11.9 Å². The van der Waals surface area contributed by atoms with E-state index in [1.54, 1.807) is 0 Å². The second-order valence-electron chi connectivity index (χ2n) is 9.59. The average Bonchev–Trinajstić information content (AvgIpc) is 3.08.